The van der Waals surface area contributed by atoms with Gasteiger partial charge in [0.1, 0.15) is 0 Å². The standard InChI is InChI=1S/C12H13.Zr/c1-10(11-6-2-3-7-11)12-8-4-5-9-12;/h2-6,8H,7,9H2,1H3;. The van der Waals surface area contributed by atoms with Gasteiger partial charge in [0.15, 0.2) is 0 Å². The number of rotatable bonds is 2. The van der Waals surface area contributed by atoms with Gasteiger partial charge in [0.25, 0.3) is 0 Å². The SMILES string of the molecule is C[C]([Zr])(C1=CC=CC1)C1=CC=CC1. The molecule has 0 fully saturated rings. The molecule has 0 nitrogen and oxygen atoms in total. The summed E-state index contributed by atoms with van der Waals surface area (Å²) in [4.78, 5) is 0. The van der Waals surface area contributed by atoms with Crippen LogP contribution in [-0.4, -0.2) is 0 Å². The van der Waals surface area contributed by atoms with E-state index in [4.69, 9.17) is 0 Å². The van der Waals surface area contributed by atoms with Gasteiger partial charge in [-0.15, -0.1) is 0 Å². The molecule has 1 heteroatoms. The molecule has 0 saturated heterocycles. The van der Waals surface area contributed by atoms with Gasteiger partial charge in [0, 0.05) is 0 Å². The van der Waals surface area contributed by atoms with Crippen LogP contribution in [0.3, 0.4) is 0 Å². The van der Waals surface area contributed by atoms with Crippen molar-refractivity contribution in [2.75, 3.05) is 0 Å². The summed E-state index contributed by atoms with van der Waals surface area (Å²) in [7, 11) is 0. The molecular formula is C12H13Zr. The summed E-state index contributed by atoms with van der Waals surface area (Å²) in [6, 6.07) is 0. The van der Waals surface area contributed by atoms with Gasteiger partial charge in [-0.05, 0) is 0 Å². The first kappa shape index (κ1) is 9.40. The van der Waals surface area contributed by atoms with Crippen LogP contribution in [0.2, 0.25) is 3.12 Å². The fourth-order valence-electron chi connectivity index (χ4n) is 1.84. The van der Waals surface area contributed by atoms with Crippen LogP contribution < -0.4 is 0 Å². The molecule has 0 radical (unpaired) electrons. The molecule has 0 bridgehead atoms. The van der Waals surface area contributed by atoms with Crippen LogP contribution >= 0.6 is 0 Å². The van der Waals surface area contributed by atoms with Crippen LogP contribution in [0.5, 0.6) is 0 Å². The first-order valence-electron chi connectivity index (χ1n) is 4.68. The van der Waals surface area contributed by atoms with Crippen LogP contribution in [0, 0.1) is 0 Å². The summed E-state index contributed by atoms with van der Waals surface area (Å²) in [5, 5.41) is 0. The van der Waals surface area contributed by atoms with Crippen molar-refractivity contribution in [3.63, 3.8) is 0 Å². The Bertz CT molecular complexity index is 295. The minimum atomic E-state index is 0.347. The molecule has 0 saturated carbocycles. The van der Waals surface area contributed by atoms with Gasteiger partial charge in [-0.25, -0.2) is 0 Å². The van der Waals surface area contributed by atoms with E-state index in [1.165, 1.54) is 0 Å². The fourth-order valence-corrected chi connectivity index (χ4v) is 2.75. The number of hydrogen-bond acceptors (Lipinski definition) is 0. The predicted molar refractivity (Wildman–Crippen MR) is 52.0 cm³/mol. The van der Waals surface area contributed by atoms with Gasteiger partial charge >= 0.3 is 95.2 Å². The van der Waals surface area contributed by atoms with Crippen molar-refractivity contribution in [1.82, 2.24) is 0 Å². The van der Waals surface area contributed by atoms with E-state index in [2.05, 4.69) is 43.4 Å². The Labute approximate surface area is 95.0 Å². The average molecular weight is 248 g/mol. The third-order valence-corrected chi connectivity index (χ3v) is 4.41. The van der Waals surface area contributed by atoms with Crippen molar-refractivity contribution in [3.05, 3.63) is 47.6 Å². The van der Waals surface area contributed by atoms with Crippen LogP contribution in [0.15, 0.2) is 47.6 Å². The van der Waals surface area contributed by atoms with Crippen molar-refractivity contribution >= 4 is 0 Å². The molecule has 0 spiro atoms. The monoisotopic (exact) mass is 247 g/mol. The van der Waals surface area contributed by atoms with Crippen LogP contribution in [0.25, 0.3) is 0 Å². The Morgan fingerprint density at radius 3 is 1.85 bits per heavy atom. The van der Waals surface area contributed by atoms with E-state index in [1.807, 2.05) is 0 Å². The number of allylic oxidation sites excluding steroid dienone is 8. The first-order valence-corrected chi connectivity index (χ1v) is 5.91. The van der Waals surface area contributed by atoms with E-state index in [9.17, 15) is 0 Å². The van der Waals surface area contributed by atoms with E-state index >= 15 is 0 Å². The quantitative estimate of drug-likeness (QED) is 0.702. The van der Waals surface area contributed by atoms with E-state index in [0.717, 1.165) is 12.8 Å². The van der Waals surface area contributed by atoms with E-state index < -0.39 is 0 Å². The second kappa shape index (κ2) is 3.54. The van der Waals surface area contributed by atoms with Crippen LogP contribution in [0.1, 0.15) is 19.8 Å². The van der Waals surface area contributed by atoms with Gasteiger partial charge in [-0.2, -0.15) is 0 Å². The summed E-state index contributed by atoms with van der Waals surface area (Å²) < 4.78 is 0.347. The van der Waals surface area contributed by atoms with Gasteiger partial charge in [-0.3, -0.25) is 0 Å². The second-order valence-corrected chi connectivity index (χ2v) is 6.23. The summed E-state index contributed by atoms with van der Waals surface area (Å²) >= 11 is 1.61. The molecular weight excluding hydrogens is 235 g/mol. The van der Waals surface area contributed by atoms with Crippen LogP contribution in [0.4, 0.5) is 0 Å². The summed E-state index contributed by atoms with van der Waals surface area (Å²) in [6.07, 6.45) is 15.7. The third kappa shape index (κ3) is 1.72. The molecule has 0 atom stereocenters. The molecule has 2 rings (SSSR count). The molecule has 65 valence electrons. The average Bonchev–Trinajstić information content (AvgIpc) is 2.78. The zero-order valence-electron chi connectivity index (χ0n) is 7.88. The van der Waals surface area contributed by atoms with Crippen molar-refractivity contribution in [3.8, 4) is 0 Å². The Hall–Kier alpha value is -0.157. The normalized spacial score (nSPS) is 20.6. The third-order valence-electron chi connectivity index (χ3n) is 2.83. The summed E-state index contributed by atoms with van der Waals surface area (Å²) in [6.45, 7) is 2.36. The fraction of sp³-hybridized carbons (Fsp3) is 0.333. The topological polar surface area (TPSA) is 0 Å². The molecule has 0 aromatic heterocycles. The van der Waals surface area contributed by atoms with Gasteiger partial charge < -0.3 is 0 Å². The predicted octanol–water partition coefficient (Wildman–Crippen LogP) is 3.48. The molecule has 0 heterocycles. The first-order chi connectivity index (χ1) is 6.21. The van der Waals surface area contributed by atoms with Crippen molar-refractivity contribution in [2.24, 2.45) is 0 Å². The molecule has 0 amide bonds. The zero-order chi connectivity index (χ0) is 9.31. The van der Waals surface area contributed by atoms with Gasteiger partial charge in [-0.1, -0.05) is 0 Å². The van der Waals surface area contributed by atoms with Crippen molar-refractivity contribution in [2.45, 2.75) is 22.9 Å². The molecule has 2 aliphatic rings. The van der Waals surface area contributed by atoms with Crippen molar-refractivity contribution < 1.29 is 24.7 Å². The molecule has 0 unspecified atom stereocenters. The molecule has 0 aromatic carbocycles. The Morgan fingerprint density at radius 2 is 1.54 bits per heavy atom. The van der Waals surface area contributed by atoms with E-state index in [0.29, 0.717) is 3.12 Å². The summed E-state index contributed by atoms with van der Waals surface area (Å²) in [5.74, 6) is 0. The van der Waals surface area contributed by atoms with E-state index in [-0.39, 0.29) is 0 Å². The Balaban J connectivity index is 2.20. The Morgan fingerprint density at radius 1 is 1.08 bits per heavy atom. The second-order valence-electron chi connectivity index (χ2n) is 3.77. The van der Waals surface area contributed by atoms with Gasteiger partial charge in [0.2, 0.25) is 0 Å². The number of hydrogen-bond donors (Lipinski definition) is 0. The molecule has 2 aliphatic carbocycles. The minimum absolute atomic E-state index is 0.347. The molecule has 0 aliphatic heterocycles. The van der Waals surface area contributed by atoms with Crippen molar-refractivity contribution in [1.29, 1.82) is 0 Å². The Kier molecular flexibility index (Phi) is 2.56. The molecule has 0 aromatic rings. The van der Waals surface area contributed by atoms with Crippen LogP contribution in [-0.2, 0) is 24.7 Å². The van der Waals surface area contributed by atoms with E-state index in [1.54, 1.807) is 35.9 Å². The molecule has 13 heavy (non-hydrogen) atoms. The zero-order valence-corrected chi connectivity index (χ0v) is 10.3. The maximum atomic E-state index is 2.36. The van der Waals surface area contributed by atoms with Gasteiger partial charge in [0.05, 0.1) is 0 Å². The summed E-state index contributed by atoms with van der Waals surface area (Å²) in [5.41, 5.74) is 3.17. The molecule has 0 N–H and O–H groups in total. The maximum absolute atomic E-state index is 2.36.